The molecule has 0 spiro atoms. The minimum Gasteiger partial charge on any atom is -0.303 e. The lowest BCUT2D eigenvalue weighted by Crippen LogP contribution is -2.40. The first-order valence-corrected chi connectivity index (χ1v) is 8.77. The maximum atomic E-state index is 12.4. The van der Waals surface area contributed by atoms with Crippen LogP contribution in [0.25, 0.3) is 0 Å². The topological polar surface area (TPSA) is 37.4 Å². The molecule has 0 aromatic heterocycles. The van der Waals surface area contributed by atoms with Crippen molar-refractivity contribution in [1.29, 1.82) is 0 Å². The van der Waals surface area contributed by atoms with Crippen molar-refractivity contribution in [1.82, 2.24) is 0 Å². The number of hydrogen-bond donors (Lipinski definition) is 0. The van der Waals surface area contributed by atoms with E-state index in [1.807, 2.05) is 0 Å². The van der Waals surface area contributed by atoms with Crippen LogP contribution in [-0.2, 0) is 4.79 Å². The van der Waals surface area contributed by atoms with Crippen molar-refractivity contribution >= 4 is 56.5 Å². The second-order valence-corrected chi connectivity index (χ2v) is 7.19. The average Bonchev–Trinajstić information content (AvgIpc) is 3.03. The Kier molecular flexibility index (Phi) is 4.06. The molecular weight excluding hydrogens is 377 g/mol. The van der Waals surface area contributed by atoms with Crippen molar-refractivity contribution in [3.63, 3.8) is 0 Å². The van der Waals surface area contributed by atoms with Gasteiger partial charge in [0.05, 0.1) is 21.3 Å². The normalized spacial score (nSPS) is 20.2. The van der Waals surface area contributed by atoms with Gasteiger partial charge in [-0.05, 0) is 30.4 Å². The first-order chi connectivity index (χ1) is 9.99. The third-order valence-corrected chi connectivity index (χ3v) is 6.26. The molecule has 1 aliphatic carbocycles. The maximum Gasteiger partial charge on any atom is 0.299 e. The van der Waals surface area contributed by atoms with Crippen molar-refractivity contribution in [3.8, 4) is 0 Å². The molecule has 1 aliphatic heterocycles. The molecule has 1 fully saturated rings. The van der Waals surface area contributed by atoms with Crippen molar-refractivity contribution in [2.75, 3.05) is 16.8 Å². The molecule has 0 saturated heterocycles. The van der Waals surface area contributed by atoms with Crippen LogP contribution >= 0.6 is 39.1 Å². The quantitative estimate of drug-likeness (QED) is 0.563. The zero-order chi connectivity index (χ0) is 15.2. The zero-order valence-electron chi connectivity index (χ0n) is 11.3. The van der Waals surface area contributed by atoms with E-state index in [1.165, 1.54) is 4.90 Å². The van der Waals surface area contributed by atoms with Gasteiger partial charge in [-0.15, -0.1) is 0 Å². The van der Waals surface area contributed by atoms with Crippen molar-refractivity contribution in [2.24, 2.45) is 5.41 Å². The number of fused-ring (bicyclic) bond motifs is 1. The van der Waals surface area contributed by atoms with Crippen molar-refractivity contribution in [2.45, 2.75) is 25.7 Å². The van der Waals surface area contributed by atoms with Crippen molar-refractivity contribution in [3.05, 3.63) is 27.7 Å². The molecule has 3 nitrogen and oxygen atoms in total. The lowest BCUT2D eigenvalue weighted by molar-refractivity contribution is -0.114. The molecule has 0 unspecified atom stereocenters. The third kappa shape index (κ3) is 2.41. The van der Waals surface area contributed by atoms with E-state index in [1.54, 1.807) is 12.1 Å². The molecule has 21 heavy (non-hydrogen) atoms. The molecule has 2 aliphatic rings. The van der Waals surface area contributed by atoms with Gasteiger partial charge < -0.3 is 4.90 Å². The van der Waals surface area contributed by atoms with Gasteiger partial charge in [0, 0.05) is 11.9 Å². The highest BCUT2D eigenvalue weighted by Gasteiger charge is 2.44. The van der Waals surface area contributed by atoms with Crippen LogP contribution < -0.4 is 4.90 Å². The average molecular weight is 391 g/mol. The van der Waals surface area contributed by atoms with E-state index in [0.29, 0.717) is 17.3 Å². The molecule has 1 saturated carbocycles. The summed E-state index contributed by atoms with van der Waals surface area (Å²) in [6.07, 6.45) is 4.39. The van der Waals surface area contributed by atoms with E-state index in [4.69, 9.17) is 23.2 Å². The number of carbonyl (C=O) groups is 2. The number of benzene rings is 1. The Labute approximate surface area is 141 Å². The van der Waals surface area contributed by atoms with E-state index < -0.39 is 11.7 Å². The summed E-state index contributed by atoms with van der Waals surface area (Å²) in [6, 6.07) is 3.20. The van der Waals surface area contributed by atoms with E-state index in [9.17, 15) is 9.59 Å². The zero-order valence-corrected chi connectivity index (χ0v) is 14.4. The fraction of sp³-hybridized carbons (Fsp3) is 0.467. The number of nitrogens with zero attached hydrogens (tertiary/aromatic N) is 1. The minimum absolute atomic E-state index is 0.0171. The van der Waals surface area contributed by atoms with Gasteiger partial charge >= 0.3 is 0 Å². The van der Waals surface area contributed by atoms with Crippen LogP contribution in [0.4, 0.5) is 5.69 Å². The van der Waals surface area contributed by atoms with Crippen LogP contribution in [0.5, 0.6) is 0 Å². The molecule has 0 bridgehead atoms. The summed E-state index contributed by atoms with van der Waals surface area (Å²) in [4.78, 5) is 26.1. The van der Waals surface area contributed by atoms with E-state index in [2.05, 4.69) is 15.9 Å². The first-order valence-electron chi connectivity index (χ1n) is 6.89. The van der Waals surface area contributed by atoms with Crippen LogP contribution in [0.1, 0.15) is 36.0 Å². The molecule has 0 atom stereocenters. The lowest BCUT2D eigenvalue weighted by atomic mass is 9.88. The smallest absolute Gasteiger partial charge is 0.299 e. The Hall–Kier alpha value is -0.580. The number of halogens is 3. The summed E-state index contributed by atoms with van der Waals surface area (Å²) >= 11 is 15.9. The number of amides is 1. The Bertz CT molecular complexity index is 626. The van der Waals surface area contributed by atoms with Gasteiger partial charge in [-0.25, -0.2) is 0 Å². The monoisotopic (exact) mass is 389 g/mol. The molecule has 6 heteroatoms. The highest BCUT2D eigenvalue weighted by atomic mass is 79.9. The summed E-state index contributed by atoms with van der Waals surface area (Å²) in [6.45, 7) is 0.510. The second-order valence-electron chi connectivity index (χ2n) is 5.81. The van der Waals surface area contributed by atoms with E-state index in [-0.39, 0.29) is 16.0 Å². The predicted molar refractivity (Wildman–Crippen MR) is 87.8 cm³/mol. The van der Waals surface area contributed by atoms with Crippen LogP contribution in [0.15, 0.2) is 12.1 Å². The van der Waals surface area contributed by atoms with E-state index >= 15 is 0 Å². The SMILES string of the molecule is O=C1C(=O)N(CC2(CBr)CCCC2)c2c(Cl)ccc(Cl)c21. The molecule has 1 amide bonds. The summed E-state index contributed by atoms with van der Waals surface area (Å²) in [5, 5.41) is 1.50. The number of Topliss-reactive ketones (excluding diaryl/α,β-unsaturated/α-hetero) is 1. The Morgan fingerprint density at radius 1 is 1.14 bits per heavy atom. The van der Waals surface area contributed by atoms with Crippen molar-refractivity contribution < 1.29 is 9.59 Å². The van der Waals surface area contributed by atoms with Crippen LogP contribution in [0, 0.1) is 5.41 Å². The summed E-state index contributed by atoms with van der Waals surface area (Å²) < 4.78 is 0. The molecule has 1 aromatic rings. The number of rotatable bonds is 3. The fourth-order valence-corrected chi connectivity index (χ4v) is 4.53. The maximum absolute atomic E-state index is 12.4. The number of ketones is 1. The Balaban J connectivity index is 2.04. The Morgan fingerprint density at radius 2 is 1.76 bits per heavy atom. The van der Waals surface area contributed by atoms with Gasteiger partial charge in [0.25, 0.3) is 11.7 Å². The van der Waals surface area contributed by atoms with Crippen LogP contribution in [0.3, 0.4) is 0 Å². The lowest BCUT2D eigenvalue weighted by Gasteiger charge is -2.32. The fourth-order valence-electron chi connectivity index (χ4n) is 3.30. The molecule has 112 valence electrons. The number of alkyl halides is 1. The van der Waals surface area contributed by atoms with Gasteiger partial charge in [-0.3, -0.25) is 9.59 Å². The standard InChI is InChI=1S/C15H14BrCl2NO2/c16-7-15(5-1-2-6-15)8-19-12-10(18)4-3-9(17)11(12)13(20)14(19)21/h3-4H,1-2,5-8H2. The van der Waals surface area contributed by atoms with Gasteiger partial charge in [-0.1, -0.05) is 52.0 Å². The third-order valence-electron chi connectivity index (χ3n) is 4.46. The Morgan fingerprint density at radius 3 is 2.38 bits per heavy atom. The molecule has 0 N–H and O–H groups in total. The molecule has 0 radical (unpaired) electrons. The number of carbonyl (C=O) groups excluding carboxylic acids is 2. The molecule has 3 rings (SSSR count). The van der Waals surface area contributed by atoms with Gasteiger partial charge in [-0.2, -0.15) is 0 Å². The summed E-state index contributed by atoms with van der Waals surface area (Å²) in [5.74, 6) is -1.08. The summed E-state index contributed by atoms with van der Waals surface area (Å²) in [5.41, 5.74) is 0.742. The first kappa shape index (κ1) is 15.3. The van der Waals surface area contributed by atoms with Gasteiger partial charge in [0.1, 0.15) is 0 Å². The minimum atomic E-state index is -0.555. The van der Waals surface area contributed by atoms with E-state index in [0.717, 1.165) is 31.0 Å². The second kappa shape index (κ2) is 5.56. The number of anilines is 1. The van der Waals surface area contributed by atoms with Crippen LogP contribution in [0.2, 0.25) is 10.0 Å². The van der Waals surface area contributed by atoms with Gasteiger partial charge in [0.15, 0.2) is 0 Å². The highest BCUT2D eigenvalue weighted by Crippen LogP contribution is 2.45. The number of hydrogen-bond acceptors (Lipinski definition) is 2. The largest absolute Gasteiger partial charge is 0.303 e. The summed E-state index contributed by atoms with van der Waals surface area (Å²) in [7, 11) is 0. The van der Waals surface area contributed by atoms with Crippen LogP contribution in [-0.4, -0.2) is 23.6 Å². The molecule has 1 heterocycles. The van der Waals surface area contributed by atoms with Gasteiger partial charge in [0.2, 0.25) is 0 Å². The predicted octanol–water partition coefficient (Wildman–Crippen LogP) is 4.48. The molecule has 1 aromatic carbocycles. The molecular formula is C15H14BrCl2NO2. The highest BCUT2D eigenvalue weighted by molar-refractivity contribution is 9.09.